The molecule has 1 heterocycles. The van der Waals surface area contributed by atoms with E-state index in [1.54, 1.807) is 11.8 Å². The van der Waals surface area contributed by atoms with Crippen LogP contribution >= 0.6 is 0 Å². The number of nitrogens with one attached hydrogen (secondary N) is 1. The molecule has 0 radical (unpaired) electrons. The van der Waals surface area contributed by atoms with E-state index < -0.39 is 10.8 Å². The van der Waals surface area contributed by atoms with Gasteiger partial charge in [-0.2, -0.15) is 0 Å². The number of methoxy groups -OCH3 is 1. The van der Waals surface area contributed by atoms with Gasteiger partial charge in [-0.1, -0.05) is 18.2 Å². The molecule has 0 unspecified atom stereocenters. The Hall–Kier alpha value is -3.66. The summed E-state index contributed by atoms with van der Waals surface area (Å²) in [6, 6.07) is 8.42. The van der Waals surface area contributed by atoms with E-state index in [1.165, 1.54) is 19.2 Å². The van der Waals surface area contributed by atoms with Gasteiger partial charge in [-0.15, -0.1) is 0 Å². The van der Waals surface area contributed by atoms with Gasteiger partial charge in [0.25, 0.3) is 11.6 Å². The summed E-state index contributed by atoms with van der Waals surface area (Å²) in [5.41, 5.74) is 2.43. The van der Waals surface area contributed by atoms with Crippen molar-refractivity contribution in [3.63, 3.8) is 0 Å². The van der Waals surface area contributed by atoms with Crippen molar-refractivity contribution in [1.82, 2.24) is 9.80 Å². The van der Waals surface area contributed by atoms with Crippen molar-refractivity contribution >= 4 is 23.2 Å². The summed E-state index contributed by atoms with van der Waals surface area (Å²) >= 11 is 0. The molecule has 0 aliphatic carbocycles. The third-order valence-corrected chi connectivity index (χ3v) is 5.78. The smallest absolute Gasteiger partial charge is 0.286 e. The van der Waals surface area contributed by atoms with Gasteiger partial charge in [-0.25, -0.2) is 0 Å². The van der Waals surface area contributed by atoms with E-state index in [0.29, 0.717) is 32.8 Å². The van der Waals surface area contributed by atoms with Crippen LogP contribution in [0.2, 0.25) is 0 Å². The largest absolute Gasteiger partial charge is 0.493 e. The zero-order chi connectivity index (χ0) is 24.8. The standard InChI is InChI=1S/C24H30N4O6/c1-5-34-21-14-19(28(31)32)18(13-20(21)33-4)24(30)27-11-9-26(10-12-27)15-22(29)25-23-16(2)7-6-8-17(23)3/h6-8,13-14H,5,9-12,15H2,1-4H3,(H,25,29). The van der Waals surface area contributed by atoms with Crippen molar-refractivity contribution in [3.8, 4) is 11.5 Å². The number of anilines is 1. The van der Waals surface area contributed by atoms with Crippen molar-refractivity contribution in [3.05, 3.63) is 57.1 Å². The summed E-state index contributed by atoms with van der Waals surface area (Å²) in [6.45, 7) is 7.81. The predicted molar refractivity (Wildman–Crippen MR) is 128 cm³/mol. The van der Waals surface area contributed by atoms with Gasteiger partial charge in [0, 0.05) is 37.9 Å². The summed E-state index contributed by atoms with van der Waals surface area (Å²) in [6.07, 6.45) is 0. The van der Waals surface area contributed by atoms with Crippen LogP contribution in [-0.4, -0.2) is 73.0 Å². The van der Waals surface area contributed by atoms with Crippen LogP contribution in [0.25, 0.3) is 0 Å². The Morgan fingerprint density at radius 3 is 2.29 bits per heavy atom. The van der Waals surface area contributed by atoms with Crippen LogP contribution < -0.4 is 14.8 Å². The SMILES string of the molecule is CCOc1cc([N+](=O)[O-])c(C(=O)N2CCN(CC(=O)Nc3c(C)cccc3C)CC2)cc1OC. The van der Waals surface area contributed by atoms with Gasteiger partial charge in [-0.3, -0.25) is 24.6 Å². The molecule has 2 aromatic rings. The molecule has 1 aliphatic rings. The lowest BCUT2D eigenvalue weighted by Gasteiger charge is -2.34. The average Bonchev–Trinajstić information content (AvgIpc) is 2.81. The van der Waals surface area contributed by atoms with Gasteiger partial charge in [0.2, 0.25) is 5.91 Å². The lowest BCUT2D eigenvalue weighted by molar-refractivity contribution is -0.385. The first-order valence-corrected chi connectivity index (χ1v) is 11.1. The number of hydrogen-bond acceptors (Lipinski definition) is 7. The number of carbonyl (C=O) groups is 2. The van der Waals surface area contributed by atoms with Crippen LogP contribution in [0.15, 0.2) is 30.3 Å². The lowest BCUT2D eigenvalue weighted by Crippen LogP contribution is -2.50. The molecule has 1 aliphatic heterocycles. The quantitative estimate of drug-likeness (QED) is 0.466. The Kier molecular flexibility index (Phi) is 8.06. The molecule has 0 bridgehead atoms. The molecule has 1 saturated heterocycles. The minimum Gasteiger partial charge on any atom is -0.493 e. The minimum atomic E-state index is -0.594. The maximum Gasteiger partial charge on any atom is 0.286 e. The summed E-state index contributed by atoms with van der Waals surface area (Å²) in [7, 11) is 1.42. The minimum absolute atomic E-state index is 0.0495. The normalized spacial score (nSPS) is 13.9. The molecule has 0 atom stereocenters. The van der Waals surface area contributed by atoms with Crippen molar-refractivity contribution in [2.45, 2.75) is 20.8 Å². The van der Waals surface area contributed by atoms with Crippen LogP contribution in [0, 0.1) is 24.0 Å². The topological polar surface area (TPSA) is 114 Å². The van der Waals surface area contributed by atoms with E-state index in [9.17, 15) is 19.7 Å². The zero-order valence-corrected chi connectivity index (χ0v) is 19.9. The molecule has 0 spiro atoms. The fourth-order valence-electron chi connectivity index (χ4n) is 3.97. The Balaban J connectivity index is 1.65. The summed E-state index contributed by atoms with van der Waals surface area (Å²) in [5, 5.41) is 14.6. The molecule has 1 N–H and O–H groups in total. The second-order valence-corrected chi connectivity index (χ2v) is 8.09. The zero-order valence-electron chi connectivity index (χ0n) is 19.9. The van der Waals surface area contributed by atoms with Gasteiger partial charge in [-0.05, 0) is 31.9 Å². The van der Waals surface area contributed by atoms with Crippen LogP contribution in [0.3, 0.4) is 0 Å². The Morgan fingerprint density at radius 2 is 1.74 bits per heavy atom. The summed E-state index contributed by atoms with van der Waals surface area (Å²) < 4.78 is 10.7. The van der Waals surface area contributed by atoms with Crippen molar-refractivity contribution in [2.75, 3.05) is 51.8 Å². The second-order valence-electron chi connectivity index (χ2n) is 8.09. The van der Waals surface area contributed by atoms with Crippen molar-refractivity contribution in [1.29, 1.82) is 0 Å². The van der Waals surface area contributed by atoms with E-state index in [0.717, 1.165) is 16.8 Å². The molecule has 3 rings (SSSR count). The molecule has 0 aromatic heterocycles. The van der Waals surface area contributed by atoms with Crippen molar-refractivity contribution < 1.29 is 24.0 Å². The van der Waals surface area contributed by atoms with Gasteiger partial charge >= 0.3 is 0 Å². The number of nitrogens with zero attached hydrogens (tertiary/aromatic N) is 3. The molecule has 0 saturated carbocycles. The number of piperazine rings is 1. The molecule has 2 amide bonds. The highest BCUT2D eigenvalue weighted by Gasteiger charge is 2.30. The number of nitro benzene ring substituents is 1. The molecule has 10 nitrogen and oxygen atoms in total. The lowest BCUT2D eigenvalue weighted by atomic mass is 10.1. The van der Waals surface area contributed by atoms with Gasteiger partial charge in [0.05, 0.1) is 31.3 Å². The Bertz CT molecular complexity index is 1060. The number of nitro groups is 1. The fourth-order valence-corrected chi connectivity index (χ4v) is 3.97. The van der Waals surface area contributed by atoms with Crippen LogP contribution in [0.1, 0.15) is 28.4 Å². The van der Waals surface area contributed by atoms with E-state index in [1.807, 2.05) is 36.9 Å². The molecule has 1 fully saturated rings. The molecular weight excluding hydrogens is 440 g/mol. The predicted octanol–water partition coefficient (Wildman–Crippen LogP) is 3.02. The first-order valence-electron chi connectivity index (χ1n) is 11.1. The number of benzene rings is 2. The molecule has 182 valence electrons. The fraction of sp³-hybridized carbons (Fsp3) is 0.417. The molecule has 34 heavy (non-hydrogen) atoms. The Labute approximate surface area is 198 Å². The first kappa shape index (κ1) is 25.0. The number of para-hydroxylation sites is 1. The average molecular weight is 471 g/mol. The number of aryl methyl sites for hydroxylation is 2. The number of carbonyl (C=O) groups excluding carboxylic acids is 2. The van der Waals surface area contributed by atoms with Crippen LogP contribution in [0.5, 0.6) is 11.5 Å². The van der Waals surface area contributed by atoms with Crippen LogP contribution in [0.4, 0.5) is 11.4 Å². The van der Waals surface area contributed by atoms with E-state index in [-0.39, 0.29) is 35.2 Å². The highest BCUT2D eigenvalue weighted by Crippen LogP contribution is 2.35. The number of ether oxygens (including phenoxy) is 2. The second kappa shape index (κ2) is 11.0. The van der Waals surface area contributed by atoms with Gasteiger partial charge in [0.15, 0.2) is 11.5 Å². The van der Waals surface area contributed by atoms with E-state index in [4.69, 9.17) is 9.47 Å². The number of amides is 2. The van der Waals surface area contributed by atoms with E-state index >= 15 is 0 Å². The van der Waals surface area contributed by atoms with E-state index in [2.05, 4.69) is 5.32 Å². The molecule has 2 aromatic carbocycles. The first-order chi connectivity index (χ1) is 16.2. The maximum absolute atomic E-state index is 13.1. The van der Waals surface area contributed by atoms with Gasteiger partial charge in [0.1, 0.15) is 5.56 Å². The van der Waals surface area contributed by atoms with Crippen LogP contribution in [-0.2, 0) is 4.79 Å². The third kappa shape index (κ3) is 5.63. The maximum atomic E-state index is 13.1. The monoisotopic (exact) mass is 470 g/mol. The summed E-state index contributed by atoms with van der Waals surface area (Å²) in [5.74, 6) is -0.0951. The Morgan fingerprint density at radius 1 is 1.09 bits per heavy atom. The van der Waals surface area contributed by atoms with Crippen molar-refractivity contribution in [2.24, 2.45) is 0 Å². The molecule has 10 heteroatoms. The highest BCUT2D eigenvalue weighted by atomic mass is 16.6. The third-order valence-electron chi connectivity index (χ3n) is 5.78. The summed E-state index contributed by atoms with van der Waals surface area (Å²) in [4.78, 5) is 40.2. The number of hydrogen-bond donors (Lipinski definition) is 1. The van der Waals surface area contributed by atoms with Gasteiger partial charge < -0.3 is 19.7 Å². The highest BCUT2D eigenvalue weighted by molar-refractivity contribution is 5.99. The number of rotatable bonds is 8. The molecular formula is C24H30N4O6.